The zero-order valence-electron chi connectivity index (χ0n) is 15.8. The van der Waals surface area contributed by atoms with Gasteiger partial charge in [-0.05, 0) is 54.8 Å². The lowest BCUT2D eigenvalue weighted by molar-refractivity contribution is 0.171. The van der Waals surface area contributed by atoms with Gasteiger partial charge in [0.2, 0.25) is 0 Å². The predicted molar refractivity (Wildman–Crippen MR) is 107 cm³/mol. The predicted octanol–water partition coefficient (Wildman–Crippen LogP) is 4.24. The molecule has 0 saturated heterocycles. The maximum atomic E-state index is 6.37. The number of halogens is 1. The molecule has 0 aromatic heterocycles. The van der Waals surface area contributed by atoms with E-state index in [1.54, 1.807) is 7.11 Å². The summed E-state index contributed by atoms with van der Waals surface area (Å²) in [5.74, 6) is 2.93. The van der Waals surface area contributed by atoms with Gasteiger partial charge in [0.25, 0.3) is 0 Å². The summed E-state index contributed by atoms with van der Waals surface area (Å²) in [6.07, 6.45) is 1.82. The molecule has 3 rings (SSSR count). The third kappa shape index (κ3) is 5.21. The maximum absolute atomic E-state index is 6.37. The van der Waals surface area contributed by atoms with Crippen molar-refractivity contribution in [3.63, 3.8) is 0 Å². The molecule has 5 nitrogen and oxygen atoms in total. The number of benzene rings is 2. The van der Waals surface area contributed by atoms with E-state index in [9.17, 15) is 0 Å². The van der Waals surface area contributed by atoms with E-state index in [0.29, 0.717) is 42.9 Å². The van der Waals surface area contributed by atoms with Crippen LogP contribution in [0.3, 0.4) is 0 Å². The summed E-state index contributed by atoms with van der Waals surface area (Å²) in [4.78, 5) is 0. The number of ether oxygens (including phenoxy) is 4. The van der Waals surface area contributed by atoms with Crippen molar-refractivity contribution in [1.82, 2.24) is 5.32 Å². The van der Waals surface area contributed by atoms with Gasteiger partial charge in [-0.1, -0.05) is 24.6 Å². The molecule has 0 spiro atoms. The van der Waals surface area contributed by atoms with Crippen LogP contribution in [0.15, 0.2) is 30.3 Å². The minimum atomic E-state index is 0.575. The lowest BCUT2D eigenvalue weighted by Crippen LogP contribution is -2.18. The molecule has 0 aliphatic carbocycles. The van der Waals surface area contributed by atoms with Crippen molar-refractivity contribution in [3.8, 4) is 23.0 Å². The second-order valence-corrected chi connectivity index (χ2v) is 6.77. The van der Waals surface area contributed by atoms with Gasteiger partial charge in [-0.2, -0.15) is 0 Å². The maximum Gasteiger partial charge on any atom is 0.179 e. The standard InChI is InChI=1S/C21H26ClNO4/c1-3-8-27-21-17(22)11-16(13-20(21)24-2)14-23-7-6-15-4-5-18-19(12-15)26-10-9-25-18/h4-5,11-13,23H,3,6-10,14H2,1-2H3. The summed E-state index contributed by atoms with van der Waals surface area (Å²) in [7, 11) is 1.63. The molecule has 0 unspecified atom stereocenters. The second kappa shape index (κ2) is 9.72. The minimum absolute atomic E-state index is 0.575. The Labute approximate surface area is 165 Å². The molecular weight excluding hydrogens is 366 g/mol. The molecule has 0 saturated carbocycles. The van der Waals surface area contributed by atoms with Crippen molar-refractivity contribution in [3.05, 3.63) is 46.5 Å². The first kappa shape index (κ1) is 19.6. The SMILES string of the molecule is CCCOc1c(Cl)cc(CNCCc2ccc3c(c2)OCCO3)cc1OC. The van der Waals surface area contributed by atoms with Gasteiger partial charge in [0.05, 0.1) is 18.7 Å². The molecule has 0 fully saturated rings. The first-order valence-electron chi connectivity index (χ1n) is 9.29. The Kier molecular flexibility index (Phi) is 7.07. The summed E-state index contributed by atoms with van der Waals surface area (Å²) >= 11 is 6.37. The summed E-state index contributed by atoms with van der Waals surface area (Å²) in [6, 6.07) is 9.99. The quantitative estimate of drug-likeness (QED) is 0.648. The molecular formula is C21H26ClNO4. The number of fused-ring (bicyclic) bond motifs is 1. The number of nitrogens with one attached hydrogen (secondary N) is 1. The molecule has 0 amide bonds. The van der Waals surface area contributed by atoms with E-state index >= 15 is 0 Å². The van der Waals surface area contributed by atoms with Crippen molar-refractivity contribution in [2.24, 2.45) is 0 Å². The first-order chi connectivity index (χ1) is 13.2. The van der Waals surface area contributed by atoms with Crippen molar-refractivity contribution in [2.75, 3.05) is 33.5 Å². The summed E-state index contributed by atoms with van der Waals surface area (Å²) in [5, 5.41) is 4.02. The van der Waals surface area contributed by atoms with Crippen molar-refractivity contribution < 1.29 is 18.9 Å². The molecule has 0 bridgehead atoms. The van der Waals surface area contributed by atoms with E-state index in [0.717, 1.165) is 36.4 Å². The summed E-state index contributed by atoms with van der Waals surface area (Å²) in [5.41, 5.74) is 2.27. The third-order valence-electron chi connectivity index (χ3n) is 4.27. The molecule has 2 aromatic carbocycles. The second-order valence-electron chi connectivity index (χ2n) is 6.36. The molecule has 0 radical (unpaired) electrons. The van der Waals surface area contributed by atoms with E-state index in [1.165, 1.54) is 5.56 Å². The zero-order valence-corrected chi connectivity index (χ0v) is 16.6. The molecule has 27 heavy (non-hydrogen) atoms. The Morgan fingerprint density at radius 1 is 1.07 bits per heavy atom. The molecule has 1 N–H and O–H groups in total. The average Bonchev–Trinajstić information content (AvgIpc) is 2.70. The summed E-state index contributed by atoms with van der Waals surface area (Å²) < 4.78 is 22.3. The van der Waals surface area contributed by atoms with Gasteiger partial charge in [-0.15, -0.1) is 0 Å². The normalized spacial score (nSPS) is 12.7. The molecule has 1 aliphatic rings. The smallest absolute Gasteiger partial charge is 0.179 e. The lowest BCUT2D eigenvalue weighted by Gasteiger charge is -2.19. The van der Waals surface area contributed by atoms with Crippen LogP contribution < -0.4 is 24.3 Å². The largest absolute Gasteiger partial charge is 0.493 e. The van der Waals surface area contributed by atoms with Gasteiger partial charge >= 0.3 is 0 Å². The van der Waals surface area contributed by atoms with Gasteiger partial charge in [0.1, 0.15) is 13.2 Å². The van der Waals surface area contributed by atoms with E-state index in [1.807, 2.05) is 18.2 Å². The highest BCUT2D eigenvalue weighted by molar-refractivity contribution is 6.32. The first-order valence-corrected chi connectivity index (χ1v) is 9.67. The lowest BCUT2D eigenvalue weighted by atomic mass is 10.1. The van der Waals surface area contributed by atoms with Gasteiger partial charge < -0.3 is 24.3 Å². The highest BCUT2D eigenvalue weighted by atomic mass is 35.5. The fourth-order valence-electron chi connectivity index (χ4n) is 2.93. The van der Waals surface area contributed by atoms with Crippen LogP contribution in [0.25, 0.3) is 0 Å². The van der Waals surface area contributed by atoms with Gasteiger partial charge in [-0.25, -0.2) is 0 Å². The molecule has 1 aliphatic heterocycles. The van der Waals surface area contributed by atoms with Crippen LogP contribution in [-0.2, 0) is 13.0 Å². The van der Waals surface area contributed by atoms with Crippen molar-refractivity contribution in [1.29, 1.82) is 0 Å². The van der Waals surface area contributed by atoms with Crippen LogP contribution in [0.2, 0.25) is 5.02 Å². The average molecular weight is 392 g/mol. The molecule has 1 heterocycles. The van der Waals surface area contributed by atoms with Gasteiger partial charge in [0.15, 0.2) is 23.0 Å². The topological polar surface area (TPSA) is 49.0 Å². The van der Waals surface area contributed by atoms with Gasteiger partial charge in [0, 0.05) is 6.54 Å². The fraction of sp³-hybridized carbons (Fsp3) is 0.429. The third-order valence-corrected chi connectivity index (χ3v) is 4.55. The van der Waals surface area contributed by atoms with Crippen LogP contribution in [-0.4, -0.2) is 33.5 Å². The van der Waals surface area contributed by atoms with E-state index in [2.05, 4.69) is 24.4 Å². The van der Waals surface area contributed by atoms with Crippen molar-refractivity contribution >= 4 is 11.6 Å². The molecule has 2 aromatic rings. The fourth-order valence-corrected chi connectivity index (χ4v) is 3.22. The highest BCUT2D eigenvalue weighted by Gasteiger charge is 2.13. The highest BCUT2D eigenvalue weighted by Crippen LogP contribution is 2.36. The zero-order chi connectivity index (χ0) is 19.1. The Balaban J connectivity index is 1.53. The Hall–Kier alpha value is -2.11. The number of methoxy groups -OCH3 is 1. The van der Waals surface area contributed by atoms with Crippen LogP contribution in [0, 0.1) is 0 Å². The van der Waals surface area contributed by atoms with Crippen molar-refractivity contribution in [2.45, 2.75) is 26.3 Å². The number of hydrogen-bond acceptors (Lipinski definition) is 5. The van der Waals surface area contributed by atoms with Crippen LogP contribution in [0.5, 0.6) is 23.0 Å². The molecule has 146 valence electrons. The Bertz CT molecular complexity index is 766. The Morgan fingerprint density at radius 2 is 1.89 bits per heavy atom. The van der Waals surface area contributed by atoms with Gasteiger partial charge in [-0.3, -0.25) is 0 Å². The number of rotatable bonds is 9. The van der Waals surface area contributed by atoms with Crippen LogP contribution in [0.1, 0.15) is 24.5 Å². The monoisotopic (exact) mass is 391 g/mol. The van der Waals surface area contributed by atoms with E-state index in [4.69, 9.17) is 30.5 Å². The minimum Gasteiger partial charge on any atom is -0.493 e. The van der Waals surface area contributed by atoms with Crippen LogP contribution in [0.4, 0.5) is 0 Å². The summed E-state index contributed by atoms with van der Waals surface area (Å²) in [6.45, 7) is 5.43. The van der Waals surface area contributed by atoms with E-state index < -0.39 is 0 Å². The molecule has 6 heteroatoms. The van der Waals surface area contributed by atoms with Crippen LogP contribution >= 0.6 is 11.6 Å². The number of hydrogen-bond donors (Lipinski definition) is 1. The molecule has 0 atom stereocenters. The Morgan fingerprint density at radius 3 is 2.67 bits per heavy atom. The van der Waals surface area contributed by atoms with E-state index in [-0.39, 0.29) is 0 Å².